The molecule has 0 spiro atoms. The molecule has 2 aromatic rings. The standard InChI is InChI=1S/C36H58N4O2/c1-33(2,3)15-13-25-11-12-31(38-24-25)41-29-22-28(23-29)40-36(9,10)17-16-35(7,8)26-14-18-37-32(19-26)42-30-20-27(21-30)39-34(4,5)6/h11-12,14,18-19,24,27-30,39-40H,13,15-17,20-23H2,1-10H3. The second-order valence-corrected chi connectivity index (χ2v) is 16.6. The largest absolute Gasteiger partial charge is 0.474 e. The number of rotatable bonds is 13. The van der Waals surface area contributed by atoms with Gasteiger partial charge < -0.3 is 20.1 Å². The van der Waals surface area contributed by atoms with Gasteiger partial charge in [0.1, 0.15) is 12.2 Å². The van der Waals surface area contributed by atoms with Gasteiger partial charge in [0.2, 0.25) is 11.8 Å². The predicted molar refractivity (Wildman–Crippen MR) is 173 cm³/mol. The van der Waals surface area contributed by atoms with Gasteiger partial charge in [-0.3, -0.25) is 0 Å². The predicted octanol–water partition coefficient (Wildman–Crippen LogP) is 7.79. The molecule has 6 heteroatoms. The molecule has 42 heavy (non-hydrogen) atoms. The lowest BCUT2D eigenvalue weighted by molar-refractivity contribution is 0.0652. The van der Waals surface area contributed by atoms with Gasteiger partial charge in [-0.25, -0.2) is 9.97 Å². The normalized spacial score (nSPS) is 23.2. The van der Waals surface area contributed by atoms with Crippen molar-refractivity contribution < 1.29 is 9.47 Å². The highest BCUT2D eigenvalue weighted by Gasteiger charge is 2.36. The van der Waals surface area contributed by atoms with Gasteiger partial charge in [0.05, 0.1) is 0 Å². The van der Waals surface area contributed by atoms with Gasteiger partial charge in [-0.15, -0.1) is 0 Å². The summed E-state index contributed by atoms with van der Waals surface area (Å²) in [7, 11) is 0. The molecule has 2 fully saturated rings. The summed E-state index contributed by atoms with van der Waals surface area (Å²) in [6, 6.07) is 9.53. The van der Waals surface area contributed by atoms with E-state index < -0.39 is 0 Å². The first-order valence-corrected chi connectivity index (χ1v) is 16.2. The topological polar surface area (TPSA) is 68.3 Å². The highest BCUT2D eigenvalue weighted by Crippen LogP contribution is 2.35. The SMILES string of the molecule is CC(C)(C)CCc1ccc(OC2CC(NC(C)(C)CCC(C)(C)c3ccnc(OC4CC(NC(C)(C)C)C4)c3)C2)nc1. The summed E-state index contributed by atoms with van der Waals surface area (Å²) < 4.78 is 12.4. The van der Waals surface area contributed by atoms with Crippen molar-refractivity contribution in [2.75, 3.05) is 0 Å². The molecule has 2 saturated carbocycles. The molecule has 4 rings (SSSR count). The molecule has 0 aromatic carbocycles. The van der Waals surface area contributed by atoms with Gasteiger partial charge in [0, 0.05) is 47.7 Å². The smallest absolute Gasteiger partial charge is 0.213 e. The van der Waals surface area contributed by atoms with Gasteiger partial charge in [-0.2, -0.15) is 0 Å². The van der Waals surface area contributed by atoms with E-state index in [-0.39, 0.29) is 28.7 Å². The number of nitrogens with one attached hydrogen (secondary N) is 2. The fraction of sp³-hybridized carbons (Fsp3) is 0.722. The van der Waals surface area contributed by atoms with Crippen molar-refractivity contribution in [2.24, 2.45) is 5.41 Å². The number of ether oxygens (including phenoxy) is 2. The number of hydrogen-bond donors (Lipinski definition) is 2. The summed E-state index contributed by atoms with van der Waals surface area (Å²) in [5.41, 5.74) is 3.14. The molecule has 2 aromatic heterocycles. The van der Waals surface area contributed by atoms with Crippen LogP contribution in [-0.4, -0.2) is 45.3 Å². The molecule has 0 unspecified atom stereocenters. The van der Waals surface area contributed by atoms with Crippen LogP contribution in [0.5, 0.6) is 11.8 Å². The Labute approximate surface area is 256 Å². The Morgan fingerprint density at radius 2 is 1.33 bits per heavy atom. The summed E-state index contributed by atoms with van der Waals surface area (Å²) in [5.74, 6) is 1.50. The van der Waals surface area contributed by atoms with Gasteiger partial charge in [0.25, 0.3) is 0 Å². The summed E-state index contributed by atoms with van der Waals surface area (Å²) in [4.78, 5) is 9.10. The molecular formula is C36H58N4O2. The molecule has 0 atom stereocenters. The number of nitrogens with zero attached hydrogens (tertiary/aromatic N) is 2. The maximum absolute atomic E-state index is 6.25. The average Bonchev–Trinajstić information content (AvgIpc) is 2.83. The van der Waals surface area contributed by atoms with E-state index in [0.717, 1.165) is 63.1 Å². The minimum absolute atomic E-state index is 0.0336. The van der Waals surface area contributed by atoms with Crippen LogP contribution in [0.3, 0.4) is 0 Å². The molecule has 2 aliphatic rings. The minimum atomic E-state index is 0.0336. The number of hydrogen-bond acceptors (Lipinski definition) is 6. The molecule has 0 radical (unpaired) electrons. The zero-order chi connectivity index (χ0) is 30.8. The molecule has 2 heterocycles. The van der Waals surface area contributed by atoms with E-state index in [1.807, 2.05) is 18.5 Å². The molecular weight excluding hydrogens is 520 g/mol. The van der Waals surface area contributed by atoms with Crippen LogP contribution in [0.25, 0.3) is 0 Å². The van der Waals surface area contributed by atoms with Crippen molar-refractivity contribution in [1.29, 1.82) is 0 Å². The summed E-state index contributed by atoms with van der Waals surface area (Å²) in [6.07, 6.45) is 12.9. The molecule has 0 bridgehead atoms. The highest BCUT2D eigenvalue weighted by molar-refractivity contribution is 5.28. The van der Waals surface area contributed by atoms with E-state index in [2.05, 4.69) is 108 Å². The van der Waals surface area contributed by atoms with Gasteiger partial charge in [-0.05, 0) is 114 Å². The maximum Gasteiger partial charge on any atom is 0.213 e. The lowest BCUT2D eigenvalue weighted by atomic mass is 9.77. The average molecular weight is 579 g/mol. The first kappa shape index (κ1) is 32.7. The van der Waals surface area contributed by atoms with Crippen LogP contribution in [-0.2, 0) is 11.8 Å². The second kappa shape index (κ2) is 12.8. The highest BCUT2D eigenvalue weighted by atomic mass is 16.5. The quantitative estimate of drug-likeness (QED) is 0.253. The Morgan fingerprint density at radius 1 is 0.714 bits per heavy atom. The molecule has 0 aliphatic heterocycles. The van der Waals surface area contributed by atoms with Crippen LogP contribution >= 0.6 is 0 Å². The van der Waals surface area contributed by atoms with Gasteiger partial charge in [-0.1, -0.05) is 40.7 Å². The van der Waals surface area contributed by atoms with Crippen molar-refractivity contribution in [3.63, 3.8) is 0 Å². The molecule has 0 amide bonds. The van der Waals surface area contributed by atoms with E-state index in [1.54, 1.807) is 0 Å². The second-order valence-electron chi connectivity index (χ2n) is 16.6. The zero-order valence-electron chi connectivity index (χ0n) is 28.1. The molecule has 2 N–H and O–H groups in total. The van der Waals surface area contributed by atoms with Crippen LogP contribution in [0, 0.1) is 5.41 Å². The minimum Gasteiger partial charge on any atom is -0.474 e. The van der Waals surface area contributed by atoms with E-state index in [1.165, 1.54) is 11.1 Å². The van der Waals surface area contributed by atoms with Crippen LogP contribution in [0.4, 0.5) is 0 Å². The lowest BCUT2D eigenvalue weighted by Gasteiger charge is -2.42. The van der Waals surface area contributed by atoms with E-state index in [4.69, 9.17) is 9.47 Å². The van der Waals surface area contributed by atoms with E-state index in [0.29, 0.717) is 17.5 Å². The number of aryl methyl sites for hydroxylation is 1. The molecule has 234 valence electrons. The van der Waals surface area contributed by atoms with Crippen LogP contribution < -0.4 is 20.1 Å². The van der Waals surface area contributed by atoms with E-state index >= 15 is 0 Å². The van der Waals surface area contributed by atoms with Crippen molar-refractivity contribution in [2.45, 2.75) is 161 Å². The third kappa shape index (κ3) is 10.2. The van der Waals surface area contributed by atoms with Crippen LogP contribution in [0.1, 0.15) is 125 Å². The Balaban J connectivity index is 1.18. The Morgan fingerprint density at radius 3 is 1.90 bits per heavy atom. The Bertz CT molecular complexity index is 1130. The van der Waals surface area contributed by atoms with E-state index in [9.17, 15) is 0 Å². The molecule has 6 nitrogen and oxygen atoms in total. The van der Waals surface area contributed by atoms with Crippen molar-refractivity contribution >= 4 is 0 Å². The van der Waals surface area contributed by atoms with Crippen molar-refractivity contribution in [1.82, 2.24) is 20.6 Å². The van der Waals surface area contributed by atoms with Crippen LogP contribution in [0.2, 0.25) is 0 Å². The van der Waals surface area contributed by atoms with Crippen LogP contribution in [0.15, 0.2) is 36.7 Å². The fourth-order valence-corrected chi connectivity index (χ4v) is 5.95. The monoisotopic (exact) mass is 578 g/mol. The van der Waals surface area contributed by atoms with Crippen molar-refractivity contribution in [3.8, 4) is 11.8 Å². The summed E-state index contributed by atoms with van der Waals surface area (Å²) >= 11 is 0. The van der Waals surface area contributed by atoms with Gasteiger partial charge >= 0.3 is 0 Å². The summed E-state index contributed by atoms with van der Waals surface area (Å²) in [6.45, 7) is 22.8. The first-order chi connectivity index (χ1) is 19.4. The maximum atomic E-state index is 6.25. The summed E-state index contributed by atoms with van der Waals surface area (Å²) in [5, 5.41) is 7.57. The Kier molecular flexibility index (Phi) is 9.99. The van der Waals surface area contributed by atoms with Gasteiger partial charge in [0.15, 0.2) is 0 Å². The third-order valence-corrected chi connectivity index (χ3v) is 8.85. The fourth-order valence-electron chi connectivity index (χ4n) is 5.95. The Hall–Kier alpha value is -2.18. The third-order valence-electron chi connectivity index (χ3n) is 8.85. The molecule has 0 saturated heterocycles. The lowest BCUT2D eigenvalue weighted by Crippen LogP contribution is -2.54. The number of pyridine rings is 2. The van der Waals surface area contributed by atoms with Crippen molar-refractivity contribution in [3.05, 3.63) is 47.8 Å². The zero-order valence-corrected chi connectivity index (χ0v) is 28.1. The molecule has 2 aliphatic carbocycles. The first-order valence-electron chi connectivity index (χ1n) is 16.2. The number of aromatic nitrogens is 2.